The molecule has 1 aliphatic heterocycles. The molecule has 1 saturated heterocycles. The number of aromatic hydroxyl groups is 1. The molecule has 0 atom stereocenters. The smallest absolute Gasteiger partial charge is 0.342 e. The highest BCUT2D eigenvalue weighted by molar-refractivity contribution is 9.11. The number of esters is 1. The van der Waals surface area contributed by atoms with Crippen molar-refractivity contribution in [1.82, 2.24) is 4.90 Å². The lowest BCUT2D eigenvalue weighted by atomic mass is 10.2. The highest BCUT2D eigenvalue weighted by Gasteiger charge is 2.21. The molecule has 21 heavy (non-hydrogen) atoms. The maximum absolute atomic E-state index is 11.9. The molecular weight excluding hydrogens is 410 g/mol. The van der Waals surface area contributed by atoms with Crippen molar-refractivity contribution < 1.29 is 24.2 Å². The summed E-state index contributed by atoms with van der Waals surface area (Å²) >= 11 is 6.35. The van der Waals surface area contributed by atoms with Crippen molar-refractivity contribution in [3.63, 3.8) is 0 Å². The van der Waals surface area contributed by atoms with E-state index in [0.717, 1.165) is 0 Å². The molecule has 0 aliphatic carbocycles. The minimum atomic E-state index is -0.754. The zero-order valence-electron chi connectivity index (χ0n) is 11.0. The van der Waals surface area contributed by atoms with Gasteiger partial charge in [0.15, 0.2) is 6.61 Å². The summed E-state index contributed by atoms with van der Waals surface area (Å²) in [4.78, 5) is 25.4. The van der Waals surface area contributed by atoms with Gasteiger partial charge in [0.2, 0.25) is 0 Å². The summed E-state index contributed by atoms with van der Waals surface area (Å²) in [5.41, 5.74) is -0.00831. The fourth-order valence-electron chi connectivity index (χ4n) is 1.83. The number of hydrogen-bond donors (Lipinski definition) is 1. The molecule has 1 fully saturated rings. The Hall–Kier alpha value is -1.12. The molecule has 2 rings (SSSR count). The minimum absolute atomic E-state index is 0.00831. The van der Waals surface area contributed by atoms with Crippen molar-refractivity contribution in [2.24, 2.45) is 0 Å². The molecule has 0 radical (unpaired) electrons. The zero-order chi connectivity index (χ0) is 15.4. The molecule has 1 aromatic rings. The number of ether oxygens (including phenoxy) is 2. The van der Waals surface area contributed by atoms with Crippen LogP contribution in [-0.4, -0.2) is 54.8 Å². The van der Waals surface area contributed by atoms with Gasteiger partial charge in [-0.3, -0.25) is 4.79 Å². The van der Waals surface area contributed by atoms with Gasteiger partial charge in [-0.2, -0.15) is 0 Å². The number of carbonyl (C=O) groups is 2. The first-order valence-electron chi connectivity index (χ1n) is 6.19. The van der Waals surface area contributed by atoms with Crippen LogP contribution >= 0.6 is 31.9 Å². The molecule has 0 unspecified atom stereocenters. The van der Waals surface area contributed by atoms with Crippen LogP contribution in [0.4, 0.5) is 0 Å². The van der Waals surface area contributed by atoms with E-state index in [1.54, 1.807) is 11.0 Å². The van der Waals surface area contributed by atoms with Crippen LogP contribution < -0.4 is 0 Å². The molecule has 0 bridgehead atoms. The number of halogens is 2. The fourth-order valence-corrected chi connectivity index (χ4v) is 3.06. The number of amides is 1. The standard InChI is InChI=1S/C13H13Br2NO5/c14-8-5-9(12(18)10(15)6-8)13(19)21-7-11(17)16-1-3-20-4-2-16/h5-6,18H,1-4,7H2. The van der Waals surface area contributed by atoms with E-state index in [4.69, 9.17) is 9.47 Å². The van der Waals surface area contributed by atoms with E-state index in [0.29, 0.717) is 35.2 Å². The second-order valence-corrected chi connectivity index (χ2v) is 6.12. The molecule has 114 valence electrons. The van der Waals surface area contributed by atoms with Crippen LogP contribution in [0.5, 0.6) is 5.75 Å². The Morgan fingerprint density at radius 3 is 2.62 bits per heavy atom. The summed E-state index contributed by atoms with van der Waals surface area (Å²) in [5.74, 6) is -1.25. The molecule has 1 N–H and O–H groups in total. The lowest BCUT2D eigenvalue weighted by Crippen LogP contribution is -2.42. The van der Waals surface area contributed by atoms with Crippen LogP contribution in [0.3, 0.4) is 0 Å². The van der Waals surface area contributed by atoms with E-state index in [1.807, 2.05) is 0 Å². The number of nitrogens with zero attached hydrogens (tertiary/aromatic N) is 1. The largest absolute Gasteiger partial charge is 0.506 e. The number of rotatable bonds is 3. The number of benzene rings is 1. The van der Waals surface area contributed by atoms with Gasteiger partial charge < -0.3 is 19.5 Å². The highest BCUT2D eigenvalue weighted by atomic mass is 79.9. The number of carbonyl (C=O) groups excluding carboxylic acids is 2. The van der Waals surface area contributed by atoms with E-state index in [9.17, 15) is 14.7 Å². The lowest BCUT2D eigenvalue weighted by molar-refractivity contribution is -0.138. The number of hydrogen-bond acceptors (Lipinski definition) is 5. The zero-order valence-corrected chi connectivity index (χ0v) is 14.1. The van der Waals surface area contributed by atoms with Gasteiger partial charge in [0.05, 0.1) is 17.7 Å². The molecule has 1 aromatic carbocycles. The topological polar surface area (TPSA) is 76.1 Å². The predicted octanol–water partition coefficient (Wildman–Crippen LogP) is 1.93. The Morgan fingerprint density at radius 1 is 1.29 bits per heavy atom. The molecule has 1 amide bonds. The third-order valence-electron chi connectivity index (χ3n) is 2.94. The van der Waals surface area contributed by atoms with E-state index >= 15 is 0 Å². The van der Waals surface area contributed by atoms with Gasteiger partial charge in [-0.15, -0.1) is 0 Å². The van der Waals surface area contributed by atoms with E-state index < -0.39 is 5.97 Å². The maximum atomic E-state index is 11.9. The van der Waals surface area contributed by atoms with Gasteiger partial charge in [0.1, 0.15) is 11.3 Å². The number of phenolic OH excluding ortho intramolecular Hbond substituents is 1. The Morgan fingerprint density at radius 2 is 1.95 bits per heavy atom. The quantitative estimate of drug-likeness (QED) is 0.753. The molecule has 0 spiro atoms. The van der Waals surface area contributed by atoms with Crippen molar-refractivity contribution in [2.45, 2.75) is 0 Å². The summed E-state index contributed by atoms with van der Waals surface area (Å²) in [6.45, 7) is 1.59. The van der Waals surface area contributed by atoms with Crippen LogP contribution in [0.25, 0.3) is 0 Å². The third kappa shape index (κ3) is 4.18. The second kappa shape index (κ2) is 7.24. The van der Waals surface area contributed by atoms with Gasteiger partial charge in [0.25, 0.3) is 5.91 Å². The third-order valence-corrected chi connectivity index (χ3v) is 4.00. The van der Waals surface area contributed by atoms with Gasteiger partial charge in [0, 0.05) is 17.6 Å². The molecule has 0 saturated carbocycles. The van der Waals surface area contributed by atoms with Crippen molar-refractivity contribution in [3.05, 3.63) is 26.6 Å². The molecule has 1 aliphatic rings. The second-order valence-electron chi connectivity index (χ2n) is 4.35. The van der Waals surface area contributed by atoms with Crippen molar-refractivity contribution >= 4 is 43.7 Å². The van der Waals surface area contributed by atoms with Gasteiger partial charge in [-0.1, -0.05) is 15.9 Å². The van der Waals surface area contributed by atoms with Gasteiger partial charge in [-0.25, -0.2) is 4.79 Å². The van der Waals surface area contributed by atoms with Crippen LogP contribution in [0.1, 0.15) is 10.4 Å². The first kappa shape index (κ1) is 16.3. The Kier molecular flexibility index (Phi) is 5.60. The average molecular weight is 423 g/mol. The molecule has 0 aromatic heterocycles. The summed E-state index contributed by atoms with van der Waals surface area (Å²) < 4.78 is 11.1. The van der Waals surface area contributed by atoms with Gasteiger partial charge in [-0.05, 0) is 28.1 Å². The average Bonchev–Trinajstić information content (AvgIpc) is 2.49. The van der Waals surface area contributed by atoms with Crippen molar-refractivity contribution in [1.29, 1.82) is 0 Å². The SMILES string of the molecule is O=C(OCC(=O)N1CCOCC1)c1cc(Br)cc(Br)c1O. The van der Waals surface area contributed by atoms with Crippen LogP contribution in [0.2, 0.25) is 0 Å². The monoisotopic (exact) mass is 421 g/mol. The predicted molar refractivity (Wildman–Crippen MR) is 81.2 cm³/mol. The summed E-state index contributed by atoms with van der Waals surface area (Å²) in [5, 5.41) is 9.83. The van der Waals surface area contributed by atoms with Crippen molar-refractivity contribution in [2.75, 3.05) is 32.9 Å². The lowest BCUT2D eigenvalue weighted by Gasteiger charge is -2.26. The Labute approximate surface area is 138 Å². The number of morpholine rings is 1. The normalized spacial score (nSPS) is 14.9. The molecule has 8 heteroatoms. The summed E-state index contributed by atoms with van der Waals surface area (Å²) in [7, 11) is 0. The van der Waals surface area contributed by atoms with E-state index in [2.05, 4.69) is 31.9 Å². The Balaban J connectivity index is 1.97. The minimum Gasteiger partial charge on any atom is -0.506 e. The summed E-state index contributed by atoms with van der Waals surface area (Å²) in [6, 6.07) is 3.03. The van der Waals surface area contributed by atoms with Crippen LogP contribution in [0.15, 0.2) is 21.1 Å². The summed E-state index contributed by atoms with van der Waals surface area (Å²) in [6.07, 6.45) is 0. The van der Waals surface area contributed by atoms with Crippen LogP contribution in [0, 0.1) is 0 Å². The molecular formula is C13H13Br2NO5. The molecule has 1 heterocycles. The highest BCUT2D eigenvalue weighted by Crippen LogP contribution is 2.32. The first-order chi connectivity index (χ1) is 9.99. The number of phenols is 1. The Bertz CT molecular complexity index is 558. The molecule has 6 nitrogen and oxygen atoms in total. The van der Waals surface area contributed by atoms with Crippen LogP contribution in [-0.2, 0) is 14.3 Å². The van der Waals surface area contributed by atoms with E-state index in [-0.39, 0.29) is 23.8 Å². The fraction of sp³-hybridized carbons (Fsp3) is 0.385. The van der Waals surface area contributed by atoms with Crippen molar-refractivity contribution in [3.8, 4) is 5.75 Å². The maximum Gasteiger partial charge on any atom is 0.342 e. The first-order valence-corrected chi connectivity index (χ1v) is 7.78. The van der Waals surface area contributed by atoms with Gasteiger partial charge >= 0.3 is 5.97 Å². The van der Waals surface area contributed by atoms with E-state index in [1.165, 1.54) is 6.07 Å².